The van der Waals surface area contributed by atoms with Crippen molar-refractivity contribution in [1.29, 1.82) is 0 Å². The Morgan fingerprint density at radius 2 is 2.50 bits per heavy atom. The van der Waals surface area contributed by atoms with E-state index in [0.717, 1.165) is 0 Å². The largest absolute Gasteiger partial charge is 0.462 e. The Bertz CT molecular complexity index is 202. The molecule has 0 radical (unpaired) electrons. The highest BCUT2D eigenvalue weighted by molar-refractivity contribution is 5.77. The molecule has 0 aliphatic carbocycles. The van der Waals surface area contributed by atoms with Gasteiger partial charge in [0.1, 0.15) is 18.8 Å². The van der Waals surface area contributed by atoms with Gasteiger partial charge in [-0.25, -0.2) is 0 Å². The van der Waals surface area contributed by atoms with Gasteiger partial charge in [-0.2, -0.15) is 0 Å². The first-order chi connectivity index (χ1) is 5.59. The summed E-state index contributed by atoms with van der Waals surface area (Å²) in [4.78, 5) is 21.5. The van der Waals surface area contributed by atoms with E-state index < -0.39 is 18.1 Å². The van der Waals surface area contributed by atoms with Crippen molar-refractivity contribution in [2.24, 2.45) is 5.73 Å². The molecule has 0 spiro atoms. The lowest BCUT2D eigenvalue weighted by molar-refractivity contribution is -0.150. The number of nitrogens with two attached hydrogens (primary N) is 1. The maximum absolute atomic E-state index is 10.9. The lowest BCUT2D eigenvalue weighted by atomic mass is 10.3. The third-order valence-electron chi connectivity index (χ3n) is 1.48. The summed E-state index contributed by atoms with van der Waals surface area (Å²) in [6.07, 6.45) is -0.311. The summed E-state index contributed by atoms with van der Waals surface area (Å²) >= 11 is 0. The molecule has 0 saturated carbocycles. The van der Waals surface area contributed by atoms with Gasteiger partial charge in [0.25, 0.3) is 0 Å². The number of cyclic esters (lactones) is 1. The molecule has 0 aromatic heterocycles. The van der Waals surface area contributed by atoms with Gasteiger partial charge in [-0.1, -0.05) is 0 Å². The molecule has 1 heterocycles. The van der Waals surface area contributed by atoms with E-state index in [9.17, 15) is 9.59 Å². The van der Waals surface area contributed by atoms with Gasteiger partial charge in [0.2, 0.25) is 0 Å². The Hall–Kier alpha value is -1.10. The Morgan fingerprint density at radius 1 is 1.83 bits per heavy atom. The quantitative estimate of drug-likeness (QED) is 0.552. The van der Waals surface area contributed by atoms with Gasteiger partial charge in [0.15, 0.2) is 0 Å². The number of carbonyl (C=O) groups excluding carboxylic acids is 2. The first kappa shape index (κ1) is 8.99. The summed E-state index contributed by atoms with van der Waals surface area (Å²) in [6.45, 7) is 1.68. The van der Waals surface area contributed by atoms with Crippen LogP contribution in [0.25, 0.3) is 0 Å². The predicted molar refractivity (Wildman–Crippen MR) is 39.1 cm³/mol. The second-order valence-electron chi connectivity index (χ2n) is 2.73. The summed E-state index contributed by atoms with van der Waals surface area (Å²) < 4.78 is 9.42. The standard InChI is InChI=1S/C7H11NO4/c1-4(8)7(10)12-5-2-6(9)11-3-5/h4-5H,2-3,8H2,1H3. The van der Waals surface area contributed by atoms with Crippen LogP contribution >= 0.6 is 0 Å². The van der Waals surface area contributed by atoms with Crippen LogP contribution in [0.1, 0.15) is 13.3 Å². The molecule has 5 heteroatoms. The average molecular weight is 173 g/mol. The number of esters is 2. The molecule has 1 saturated heterocycles. The van der Waals surface area contributed by atoms with Crippen molar-refractivity contribution in [2.45, 2.75) is 25.5 Å². The number of hydrogen-bond acceptors (Lipinski definition) is 5. The predicted octanol–water partition coefficient (Wildman–Crippen LogP) is -0.808. The van der Waals surface area contributed by atoms with E-state index in [1.165, 1.54) is 6.92 Å². The van der Waals surface area contributed by atoms with E-state index in [1.807, 2.05) is 0 Å². The minimum absolute atomic E-state index is 0.137. The van der Waals surface area contributed by atoms with Crippen LogP contribution in [0.2, 0.25) is 0 Å². The highest BCUT2D eigenvalue weighted by Crippen LogP contribution is 2.10. The van der Waals surface area contributed by atoms with Crippen molar-refractivity contribution >= 4 is 11.9 Å². The molecule has 12 heavy (non-hydrogen) atoms. The van der Waals surface area contributed by atoms with Crippen LogP contribution in [0, 0.1) is 0 Å². The van der Waals surface area contributed by atoms with Gasteiger partial charge in [0, 0.05) is 0 Å². The molecular formula is C7H11NO4. The van der Waals surface area contributed by atoms with E-state index >= 15 is 0 Å². The van der Waals surface area contributed by atoms with E-state index in [2.05, 4.69) is 4.74 Å². The van der Waals surface area contributed by atoms with Crippen molar-refractivity contribution in [3.63, 3.8) is 0 Å². The Balaban J connectivity index is 2.32. The molecule has 0 bridgehead atoms. The van der Waals surface area contributed by atoms with Crippen molar-refractivity contribution in [3.05, 3.63) is 0 Å². The Kier molecular flexibility index (Phi) is 2.65. The third-order valence-corrected chi connectivity index (χ3v) is 1.48. The maximum atomic E-state index is 10.9. The highest BCUT2D eigenvalue weighted by Gasteiger charge is 2.27. The van der Waals surface area contributed by atoms with Crippen molar-refractivity contribution in [2.75, 3.05) is 6.61 Å². The van der Waals surface area contributed by atoms with Gasteiger partial charge in [-0.15, -0.1) is 0 Å². The number of hydrogen-bond donors (Lipinski definition) is 1. The molecule has 1 aliphatic rings. The van der Waals surface area contributed by atoms with E-state index in [4.69, 9.17) is 10.5 Å². The Labute approximate surface area is 69.8 Å². The molecular weight excluding hydrogens is 162 g/mol. The molecule has 1 rings (SSSR count). The topological polar surface area (TPSA) is 78.6 Å². The molecule has 1 fully saturated rings. The van der Waals surface area contributed by atoms with Crippen molar-refractivity contribution < 1.29 is 19.1 Å². The van der Waals surface area contributed by atoms with Crippen LogP contribution in [0.4, 0.5) is 0 Å². The Morgan fingerprint density at radius 3 is 2.92 bits per heavy atom. The molecule has 2 N–H and O–H groups in total. The fourth-order valence-electron chi connectivity index (χ4n) is 0.837. The third kappa shape index (κ3) is 2.20. The molecule has 0 amide bonds. The lowest BCUT2D eigenvalue weighted by Gasteiger charge is -2.10. The lowest BCUT2D eigenvalue weighted by Crippen LogP contribution is -2.32. The van der Waals surface area contributed by atoms with Crippen molar-refractivity contribution in [3.8, 4) is 0 Å². The smallest absolute Gasteiger partial charge is 0.323 e. The molecule has 1 aliphatic heterocycles. The summed E-state index contributed by atoms with van der Waals surface area (Å²) in [6, 6.07) is -0.652. The monoisotopic (exact) mass is 173 g/mol. The number of rotatable bonds is 2. The first-order valence-corrected chi connectivity index (χ1v) is 3.71. The number of ether oxygens (including phenoxy) is 2. The molecule has 2 unspecified atom stereocenters. The summed E-state index contributed by atoms with van der Waals surface area (Å²) in [5, 5.41) is 0. The first-order valence-electron chi connectivity index (χ1n) is 3.71. The van der Waals surface area contributed by atoms with E-state index in [0.29, 0.717) is 0 Å². The van der Waals surface area contributed by atoms with Crippen LogP contribution in [0.5, 0.6) is 0 Å². The van der Waals surface area contributed by atoms with Crippen LogP contribution < -0.4 is 5.73 Å². The summed E-state index contributed by atoms with van der Waals surface area (Å²) in [7, 11) is 0. The van der Waals surface area contributed by atoms with Crippen LogP contribution in [-0.4, -0.2) is 30.7 Å². The zero-order valence-electron chi connectivity index (χ0n) is 6.78. The normalized spacial score (nSPS) is 24.8. The van der Waals surface area contributed by atoms with Crippen molar-refractivity contribution in [1.82, 2.24) is 0 Å². The van der Waals surface area contributed by atoms with Crippen LogP contribution in [0.15, 0.2) is 0 Å². The van der Waals surface area contributed by atoms with Gasteiger partial charge in [0.05, 0.1) is 6.42 Å². The van der Waals surface area contributed by atoms with Gasteiger partial charge in [-0.05, 0) is 6.92 Å². The van der Waals surface area contributed by atoms with E-state index in [-0.39, 0.29) is 19.0 Å². The average Bonchev–Trinajstić information content (AvgIpc) is 2.35. The SMILES string of the molecule is CC(N)C(=O)OC1COC(=O)C1. The fourth-order valence-corrected chi connectivity index (χ4v) is 0.837. The van der Waals surface area contributed by atoms with Crippen LogP contribution in [0.3, 0.4) is 0 Å². The van der Waals surface area contributed by atoms with Gasteiger partial charge in [-0.3, -0.25) is 9.59 Å². The van der Waals surface area contributed by atoms with Gasteiger partial charge < -0.3 is 15.2 Å². The van der Waals surface area contributed by atoms with Gasteiger partial charge >= 0.3 is 11.9 Å². The minimum Gasteiger partial charge on any atom is -0.462 e. The molecule has 5 nitrogen and oxygen atoms in total. The number of carbonyl (C=O) groups is 2. The maximum Gasteiger partial charge on any atom is 0.323 e. The zero-order chi connectivity index (χ0) is 9.14. The molecule has 0 aromatic rings. The second-order valence-corrected chi connectivity index (χ2v) is 2.73. The zero-order valence-corrected chi connectivity index (χ0v) is 6.78. The van der Waals surface area contributed by atoms with Crippen LogP contribution in [-0.2, 0) is 19.1 Å². The van der Waals surface area contributed by atoms with E-state index in [1.54, 1.807) is 0 Å². The second kappa shape index (κ2) is 3.53. The summed E-state index contributed by atoms with van der Waals surface area (Å²) in [5.41, 5.74) is 5.25. The molecule has 68 valence electrons. The molecule has 0 aromatic carbocycles. The minimum atomic E-state index is -0.652. The fraction of sp³-hybridized carbons (Fsp3) is 0.714. The highest BCUT2D eigenvalue weighted by atomic mass is 16.6. The molecule has 2 atom stereocenters. The summed E-state index contributed by atoms with van der Waals surface area (Å²) in [5.74, 6) is -0.837.